The number of fused-ring (bicyclic) bond motifs is 2. The van der Waals surface area contributed by atoms with Gasteiger partial charge < -0.3 is 4.74 Å². The minimum atomic E-state index is -0.864. The van der Waals surface area contributed by atoms with Gasteiger partial charge in [0.25, 0.3) is 0 Å². The van der Waals surface area contributed by atoms with E-state index in [1.807, 2.05) is 48.5 Å². The number of nitrogens with one attached hydrogen (secondary N) is 1. The summed E-state index contributed by atoms with van der Waals surface area (Å²) >= 11 is 2.09. The van der Waals surface area contributed by atoms with Gasteiger partial charge in [0, 0.05) is 40.5 Å². The van der Waals surface area contributed by atoms with Crippen molar-refractivity contribution in [2.24, 2.45) is 0 Å². The predicted octanol–water partition coefficient (Wildman–Crippen LogP) is 4.80. The first kappa shape index (κ1) is 21.8. The zero-order valence-corrected chi connectivity index (χ0v) is 20.8. The van der Waals surface area contributed by atoms with Crippen molar-refractivity contribution in [3.05, 3.63) is 105 Å². The maximum Gasteiger partial charge on any atom is 0.317 e. The minimum Gasteiger partial charge on any atom is -0.460 e. The van der Waals surface area contributed by atoms with Gasteiger partial charge in [-0.25, -0.2) is 9.97 Å². The van der Waals surface area contributed by atoms with Crippen LogP contribution >= 0.6 is 22.6 Å². The van der Waals surface area contributed by atoms with Crippen LogP contribution in [0, 0.1) is 3.83 Å². The molecule has 1 aliphatic rings. The van der Waals surface area contributed by atoms with Gasteiger partial charge in [-0.15, -0.1) is 0 Å². The van der Waals surface area contributed by atoms with Crippen LogP contribution in [0.5, 0.6) is 0 Å². The summed E-state index contributed by atoms with van der Waals surface area (Å²) in [5.41, 5.74) is 5.41. The summed E-state index contributed by atoms with van der Waals surface area (Å²) in [4.78, 5) is 27.4. The van der Waals surface area contributed by atoms with Crippen molar-refractivity contribution in [2.45, 2.75) is 24.9 Å². The zero-order valence-electron chi connectivity index (χ0n) is 18.6. The summed E-state index contributed by atoms with van der Waals surface area (Å²) in [6, 6.07) is 19.9. The molecule has 0 atom stereocenters. The Bertz CT molecular complexity index is 1530. The molecule has 3 aromatic heterocycles. The van der Waals surface area contributed by atoms with Crippen molar-refractivity contribution >= 4 is 39.6 Å². The maximum atomic E-state index is 13.8. The van der Waals surface area contributed by atoms with Crippen LogP contribution in [0.1, 0.15) is 22.3 Å². The van der Waals surface area contributed by atoms with Gasteiger partial charge in [0.1, 0.15) is 12.0 Å². The van der Waals surface area contributed by atoms with E-state index in [-0.39, 0.29) is 12.6 Å². The third kappa shape index (κ3) is 3.97. The molecule has 172 valence electrons. The van der Waals surface area contributed by atoms with Crippen molar-refractivity contribution in [3.63, 3.8) is 0 Å². The molecule has 1 N–H and O–H groups in total. The van der Waals surface area contributed by atoms with Gasteiger partial charge in [-0.05, 0) is 41.2 Å². The second kappa shape index (κ2) is 8.84. The van der Waals surface area contributed by atoms with Crippen LogP contribution in [-0.4, -0.2) is 31.1 Å². The van der Waals surface area contributed by atoms with Gasteiger partial charge in [0.05, 0.1) is 17.3 Å². The highest BCUT2D eigenvalue weighted by Crippen LogP contribution is 2.42. The van der Waals surface area contributed by atoms with E-state index in [1.165, 1.54) is 0 Å². The number of esters is 1. The van der Waals surface area contributed by atoms with E-state index in [2.05, 4.69) is 59.9 Å². The van der Waals surface area contributed by atoms with Gasteiger partial charge >= 0.3 is 5.97 Å². The van der Waals surface area contributed by atoms with Crippen molar-refractivity contribution in [3.8, 4) is 11.3 Å². The molecule has 0 saturated carbocycles. The normalized spacial score (nSPS) is 14.1. The van der Waals surface area contributed by atoms with E-state index in [0.29, 0.717) is 22.3 Å². The lowest BCUT2D eigenvalue weighted by atomic mass is 9.78. The minimum absolute atomic E-state index is 0.227. The van der Waals surface area contributed by atoms with Crippen LogP contribution in [0.2, 0.25) is 0 Å². The molecule has 0 spiro atoms. The first-order chi connectivity index (χ1) is 17.1. The number of hydrogen-bond donors (Lipinski definition) is 1. The Hall–Kier alpha value is -3.66. The number of pyridine rings is 1. The van der Waals surface area contributed by atoms with Crippen LogP contribution in [0.4, 0.5) is 0 Å². The molecule has 7 nitrogen and oxygen atoms in total. The highest BCUT2D eigenvalue weighted by atomic mass is 127. The summed E-state index contributed by atoms with van der Waals surface area (Å²) in [6.07, 6.45) is 6.37. The number of carbonyl (C=O) groups is 1. The number of halogens is 1. The van der Waals surface area contributed by atoms with Crippen LogP contribution in [0.3, 0.4) is 0 Å². The second-order valence-electron chi connectivity index (χ2n) is 8.70. The highest BCUT2D eigenvalue weighted by molar-refractivity contribution is 14.1. The van der Waals surface area contributed by atoms with Gasteiger partial charge in [-0.2, -0.15) is 5.10 Å². The Morgan fingerprint density at radius 2 is 1.71 bits per heavy atom. The van der Waals surface area contributed by atoms with E-state index in [1.54, 1.807) is 18.6 Å². The Morgan fingerprint density at radius 3 is 2.49 bits per heavy atom. The van der Waals surface area contributed by atoms with Gasteiger partial charge in [-0.1, -0.05) is 54.6 Å². The van der Waals surface area contributed by atoms with E-state index in [0.717, 1.165) is 38.9 Å². The highest BCUT2D eigenvalue weighted by Gasteiger charge is 2.47. The number of hydrogen-bond acceptors (Lipinski definition) is 6. The molecule has 2 aromatic carbocycles. The lowest BCUT2D eigenvalue weighted by molar-refractivity contribution is -0.151. The number of benzene rings is 2. The summed E-state index contributed by atoms with van der Waals surface area (Å²) in [5.74, 6) is -0.248. The fourth-order valence-electron chi connectivity index (χ4n) is 4.80. The Kier molecular flexibility index (Phi) is 5.52. The fourth-order valence-corrected chi connectivity index (χ4v) is 5.28. The second-order valence-corrected chi connectivity index (χ2v) is 9.67. The lowest BCUT2D eigenvalue weighted by Crippen LogP contribution is -2.38. The molecule has 0 bridgehead atoms. The molecule has 6 rings (SSSR count). The smallest absolute Gasteiger partial charge is 0.317 e. The third-order valence-corrected chi connectivity index (χ3v) is 7.04. The van der Waals surface area contributed by atoms with Crippen LogP contribution < -0.4 is 0 Å². The average Bonchev–Trinajstić information content (AvgIpc) is 3.53. The molecule has 8 heteroatoms. The molecule has 0 aliphatic heterocycles. The molecule has 0 radical (unpaired) electrons. The summed E-state index contributed by atoms with van der Waals surface area (Å²) < 4.78 is 6.52. The lowest BCUT2D eigenvalue weighted by Gasteiger charge is -2.27. The largest absolute Gasteiger partial charge is 0.460 e. The SMILES string of the molecule is O=C(OCc1ccccc1)C1(c2cncc(-c3nc(I)nc4[nH]ncc34)c2)Cc2ccccc2C1. The standard InChI is InChI=1S/C27H20IN5O2/c28-26-31-23(22-15-30-33-24(22)32-26)20-10-21(14-29-13-20)27(11-18-8-4-5-9-19(18)12-27)25(34)35-16-17-6-2-1-3-7-17/h1-10,13-15H,11-12,16H2,(H,30,31,32,33). The zero-order chi connectivity index (χ0) is 23.8. The maximum absolute atomic E-state index is 13.8. The Morgan fingerprint density at radius 1 is 0.971 bits per heavy atom. The first-order valence-electron chi connectivity index (χ1n) is 11.2. The van der Waals surface area contributed by atoms with Crippen molar-refractivity contribution in [1.82, 2.24) is 25.1 Å². The number of aromatic amines is 1. The summed E-state index contributed by atoms with van der Waals surface area (Å²) in [6.45, 7) is 0.227. The Balaban J connectivity index is 1.42. The molecule has 35 heavy (non-hydrogen) atoms. The summed E-state index contributed by atoms with van der Waals surface area (Å²) in [5, 5.41) is 7.84. The molecule has 3 heterocycles. The number of aromatic nitrogens is 5. The molecular weight excluding hydrogens is 553 g/mol. The molecule has 0 amide bonds. The fraction of sp³-hybridized carbons (Fsp3) is 0.148. The third-order valence-electron chi connectivity index (χ3n) is 6.55. The number of nitrogens with zero attached hydrogens (tertiary/aromatic N) is 4. The van der Waals surface area contributed by atoms with Crippen LogP contribution in [0.25, 0.3) is 22.3 Å². The van der Waals surface area contributed by atoms with E-state index in [4.69, 9.17) is 4.74 Å². The van der Waals surface area contributed by atoms with E-state index < -0.39 is 5.41 Å². The number of ether oxygens (including phenoxy) is 1. The molecule has 5 aromatic rings. The van der Waals surface area contributed by atoms with E-state index in [9.17, 15) is 4.79 Å². The van der Waals surface area contributed by atoms with Crippen LogP contribution in [0.15, 0.2) is 79.3 Å². The first-order valence-corrected chi connectivity index (χ1v) is 12.3. The number of carbonyl (C=O) groups excluding carboxylic acids is 1. The van der Waals surface area contributed by atoms with Crippen LogP contribution in [-0.2, 0) is 34.4 Å². The molecular formula is C27H20IN5O2. The van der Waals surface area contributed by atoms with Gasteiger partial charge in [-0.3, -0.25) is 14.9 Å². The van der Waals surface area contributed by atoms with E-state index >= 15 is 0 Å². The molecule has 0 saturated heterocycles. The van der Waals surface area contributed by atoms with Crippen molar-refractivity contribution < 1.29 is 9.53 Å². The Labute approximate surface area is 215 Å². The number of H-pyrrole nitrogens is 1. The molecule has 1 aliphatic carbocycles. The van der Waals surface area contributed by atoms with Crippen molar-refractivity contribution in [2.75, 3.05) is 0 Å². The predicted molar refractivity (Wildman–Crippen MR) is 139 cm³/mol. The topological polar surface area (TPSA) is 93.6 Å². The monoisotopic (exact) mass is 573 g/mol. The quantitative estimate of drug-likeness (QED) is 0.185. The molecule has 0 fully saturated rings. The van der Waals surface area contributed by atoms with Gasteiger partial charge in [0.2, 0.25) is 0 Å². The van der Waals surface area contributed by atoms with Gasteiger partial charge in [0.15, 0.2) is 9.48 Å². The summed E-state index contributed by atoms with van der Waals surface area (Å²) in [7, 11) is 0. The molecule has 0 unspecified atom stereocenters. The van der Waals surface area contributed by atoms with Crippen molar-refractivity contribution in [1.29, 1.82) is 0 Å². The number of rotatable bonds is 5. The average molecular weight is 573 g/mol.